The first-order valence-corrected chi connectivity index (χ1v) is 11.8. The lowest BCUT2D eigenvalue weighted by atomic mass is 9.73. The molecule has 1 aliphatic rings. The Bertz CT molecular complexity index is 932. The number of amides is 2. The lowest BCUT2D eigenvalue weighted by Crippen LogP contribution is -2.54. The van der Waals surface area contributed by atoms with Crippen molar-refractivity contribution in [3.8, 4) is 0 Å². The maximum Gasteiger partial charge on any atom is 0.622 e. The first-order valence-electron chi connectivity index (χ1n) is 11.0. The summed E-state index contributed by atoms with van der Waals surface area (Å²) in [6, 6.07) is 3.58. The smallest absolute Gasteiger partial charge is 0.498 e. The van der Waals surface area contributed by atoms with Gasteiger partial charge < -0.3 is 19.9 Å². The molecule has 0 unspecified atom stereocenters. The highest BCUT2D eigenvalue weighted by Crippen LogP contribution is 2.20. The molecule has 0 aromatic heterocycles. The number of nitrogens with one attached hydrogen (secondary N) is 2. The van der Waals surface area contributed by atoms with Gasteiger partial charge in [-0.3, -0.25) is 24.1 Å². The molecule has 3 atom stereocenters. The Morgan fingerprint density at radius 1 is 1.21 bits per heavy atom. The van der Waals surface area contributed by atoms with Crippen LogP contribution in [0.1, 0.15) is 50.9 Å². The molecule has 0 spiro atoms. The van der Waals surface area contributed by atoms with Crippen LogP contribution in [0.3, 0.4) is 0 Å². The van der Waals surface area contributed by atoms with E-state index in [2.05, 4.69) is 10.6 Å². The molecule has 186 valence electrons. The first-order chi connectivity index (χ1) is 15.9. The van der Waals surface area contributed by atoms with Crippen LogP contribution in [0.2, 0.25) is 10.0 Å². The monoisotopic (exact) mass is 513 g/mol. The fraction of sp³-hybridized carbons (Fsp3) is 0.545. The highest BCUT2D eigenvalue weighted by molar-refractivity contribution is 6.51. The Kier molecular flexibility index (Phi) is 10.2. The molecule has 1 aromatic rings. The molecule has 1 heterocycles. The van der Waals surface area contributed by atoms with E-state index in [0.29, 0.717) is 11.4 Å². The predicted octanol–water partition coefficient (Wildman–Crippen LogP) is 2.48. The van der Waals surface area contributed by atoms with Crippen molar-refractivity contribution in [2.75, 3.05) is 13.6 Å². The average Bonchev–Trinajstić information content (AvgIpc) is 2.79. The zero-order valence-electron chi connectivity index (χ0n) is 19.9. The average molecular weight is 514 g/mol. The van der Waals surface area contributed by atoms with E-state index in [1.165, 1.54) is 12.1 Å². The summed E-state index contributed by atoms with van der Waals surface area (Å²) in [6.45, 7) is 6.95. The molecule has 0 saturated carbocycles. The zero-order chi connectivity index (χ0) is 25.6. The van der Waals surface area contributed by atoms with Gasteiger partial charge in [0.2, 0.25) is 5.91 Å². The molecule has 9 nitrogen and oxygen atoms in total. The Labute approximate surface area is 209 Å². The summed E-state index contributed by atoms with van der Waals surface area (Å²) >= 11 is 11.9. The molecule has 1 saturated heterocycles. The van der Waals surface area contributed by atoms with Crippen molar-refractivity contribution in [2.45, 2.75) is 58.6 Å². The fourth-order valence-electron chi connectivity index (χ4n) is 3.44. The first kappa shape index (κ1) is 27.9. The van der Waals surface area contributed by atoms with E-state index < -0.39 is 42.9 Å². The summed E-state index contributed by atoms with van der Waals surface area (Å²) in [6.07, 6.45) is 0.428. The van der Waals surface area contributed by atoms with Gasteiger partial charge in [-0.15, -0.1) is 0 Å². The van der Waals surface area contributed by atoms with E-state index in [1.54, 1.807) is 24.9 Å². The standard InChI is InChI=1S/C22H30BCl2N3O6/c1-12(2)8-18(23-33-20(30)9-13(3)28(5)14(4)22(32)34-23)27-19(29)11-26-21(31)16-10-15(24)6-7-17(16)25/h6-7,10,12-14,18H,8-9,11H2,1-5H3,(H,26,31)(H,27,29)/t13-,14+,18-/m0/s1. The van der Waals surface area contributed by atoms with Gasteiger partial charge in [-0.2, -0.15) is 0 Å². The van der Waals surface area contributed by atoms with Gasteiger partial charge in [0, 0.05) is 11.1 Å². The summed E-state index contributed by atoms with van der Waals surface area (Å²) in [5, 5.41) is 5.72. The maximum atomic E-state index is 12.7. The third-order valence-electron chi connectivity index (χ3n) is 5.57. The molecule has 0 radical (unpaired) electrons. The number of hydrogen-bond donors (Lipinski definition) is 2. The lowest BCUT2D eigenvalue weighted by molar-refractivity contribution is -0.142. The summed E-state index contributed by atoms with van der Waals surface area (Å²) in [5.74, 6) is -2.97. The van der Waals surface area contributed by atoms with Crippen LogP contribution in [0.5, 0.6) is 0 Å². The number of likely N-dealkylation sites (N-methyl/N-ethyl adjacent to an activating group) is 1. The van der Waals surface area contributed by atoms with E-state index in [4.69, 9.17) is 32.5 Å². The maximum absolute atomic E-state index is 12.7. The van der Waals surface area contributed by atoms with Crippen molar-refractivity contribution in [1.29, 1.82) is 0 Å². The number of rotatable bonds is 7. The number of carbonyl (C=O) groups excluding carboxylic acids is 4. The van der Waals surface area contributed by atoms with Crippen LogP contribution in [-0.2, 0) is 23.7 Å². The summed E-state index contributed by atoms with van der Waals surface area (Å²) in [4.78, 5) is 51.9. The highest BCUT2D eigenvalue weighted by atomic mass is 35.5. The van der Waals surface area contributed by atoms with Gasteiger partial charge in [0.15, 0.2) is 0 Å². The number of benzene rings is 1. The summed E-state index contributed by atoms with van der Waals surface area (Å²) < 4.78 is 11.0. The fourth-order valence-corrected chi connectivity index (χ4v) is 3.82. The van der Waals surface area contributed by atoms with Crippen molar-refractivity contribution < 1.29 is 28.5 Å². The van der Waals surface area contributed by atoms with Crippen LogP contribution >= 0.6 is 23.2 Å². The molecule has 12 heteroatoms. The number of nitrogens with zero attached hydrogens (tertiary/aromatic N) is 1. The van der Waals surface area contributed by atoms with Crippen molar-refractivity contribution in [2.24, 2.45) is 5.92 Å². The minimum absolute atomic E-state index is 0.0623. The summed E-state index contributed by atoms with van der Waals surface area (Å²) in [7, 11) is 0.428. The molecule has 1 aromatic carbocycles. The highest BCUT2D eigenvalue weighted by Gasteiger charge is 2.42. The molecule has 0 bridgehead atoms. The third kappa shape index (κ3) is 7.89. The molecule has 2 amide bonds. The molecule has 1 aliphatic heterocycles. The van der Waals surface area contributed by atoms with Crippen LogP contribution in [0.15, 0.2) is 18.2 Å². The van der Waals surface area contributed by atoms with Crippen molar-refractivity contribution in [3.63, 3.8) is 0 Å². The molecular weight excluding hydrogens is 484 g/mol. The molecular formula is C22H30BCl2N3O6. The topological polar surface area (TPSA) is 114 Å². The van der Waals surface area contributed by atoms with Gasteiger partial charge in [0.1, 0.15) is 6.04 Å². The molecule has 34 heavy (non-hydrogen) atoms. The predicted molar refractivity (Wildman–Crippen MR) is 129 cm³/mol. The molecule has 2 N–H and O–H groups in total. The second kappa shape index (κ2) is 12.4. The molecule has 0 aliphatic carbocycles. The minimum atomic E-state index is -1.30. The van der Waals surface area contributed by atoms with Gasteiger partial charge in [-0.25, -0.2) is 0 Å². The van der Waals surface area contributed by atoms with Gasteiger partial charge in [-0.05, 0) is 51.4 Å². The van der Waals surface area contributed by atoms with Crippen LogP contribution in [-0.4, -0.2) is 67.4 Å². The second-order valence-electron chi connectivity index (χ2n) is 8.80. The lowest BCUT2D eigenvalue weighted by Gasteiger charge is -2.28. The van der Waals surface area contributed by atoms with Gasteiger partial charge >= 0.3 is 13.1 Å². The zero-order valence-corrected chi connectivity index (χ0v) is 21.4. The van der Waals surface area contributed by atoms with E-state index in [9.17, 15) is 19.2 Å². The van der Waals surface area contributed by atoms with Crippen LogP contribution in [0.25, 0.3) is 0 Å². The van der Waals surface area contributed by atoms with Crippen LogP contribution < -0.4 is 10.6 Å². The quantitative estimate of drug-likeness (QED) is 0.538. The Morgan fingerprint density at radius 3 is 2.53 bits per heavy atom. The summed E-state index contributed by atoms with van der Waals surface area (Å²) in [5.41, 5.74) is 0.132. The van der Waals surface area contributed by atoms with Gasteiger partial charge in [0.05, 0.1) is 29.5 Å². The molecule has 2 rings (SSSR count). The van der Waals surface area contributed by atoms with Gasteiger partial charge in [0.25, 0.3) is 11.9 Å². The molecule has 1 fully saturated rings. The van der Waals surface area contributed by atoms with Crippen LogP contribution in [0.4, 0.5) is 0 Å². The Morgan fingerprint density at radius 2 is 1.88 bits per heavy atom. The number of carbonyl (C=O) groups is 4. The normalized spacial score (nSPS) is 20.5. The van der Waals surface area contributed by atoms with Gasteiger partial charge in [-0.1, -0.05) is 37.0 Å². The Balaban J connectivity index is 2.12. The number of hydrogen-bond acceptors (Lipinski definition) is 7. The second-order valence-corrected chi connectivity index (χ2v) is 9.64. The van der Waals surface area contributed by atoms with E-state index in [1.807, 2.05) is 20.8 Å². The van der Waals surface area contributed by atoms with Crippen LogP contribution in [0, 0.1) is 5.92 Å². The van der Waals surface area contributed by atoms with E-state index >= 15 is 0 Å². The van der Waals surface area contributed by atoms with E-state index in [-0.39, 0.29) is 35.5 Å². The minimum Gasteiger partial charge on any atom is -0.498 e. The number of halogens is 2. The van der Waals surface area contributed by atoms with Crippen molar-refractivity contribution in [3.05, 3.63) is 33.8 Å². The Hall–Kier alpha value is -2.30. The largest absolute Gasteiger partial charge is 0.622 e. The van der Waals surface area contributed by atoms with Crippen molar-refractivity contribution >= 4 is 54.1 Å². The SMILES string of the molecule is CC(C)C[C@H](NC(=O)CNC(=O)c1cc(Cl)ccc1Cl)B1OC(=O)C[C@H](C)N(C)[C@H](C)C(=O)O1. The third-order valence-corrected chi connectivity index (χ3v) is 6.14. The van der Waals surface area contributed by atoms with E-state index in [0.717, 1.165) is 0 Å². The van der Waals surface area contributed by atoms with Crippen molar-refractivity contribution in [1.82, 2.24) is 15.5 Å².